The third-order valence-corrected chi connectivity index (χ3v) is 4.71. The first-order valence-corrected chi connectivity index (χ1v) is 7.24. The molecule has 0 spiro atoms. The molecule has 0 bridgehead atoms. The van der Waals surface area contributed by atoms with Crippen molar-refractivity contribution < 1.29 is 0 Å². The fourth-order valence-electron chi connectivity index (χ4n) is 3.78. The Morgan fingerprint density at radius 1 is 1.00 bits per heavy atom. The molecule has 0 aliphatic carbocycles. The van der Waals surface area contributed by atoms with Crippen LogP contribution in [-0.4, -0.2) is 63.2 Å². The molecule has 1 atom stereocenters. The molecule has 0 aromatic carbocycles. The Bertz CT molecular complexity index is 216. The first-order valence-electron chi connectivity index (χ1n) is 7.24. The van der Waals surface area contributed by atoms with Crippen LogP contribution in [0.3, 0.4) is 0 Å². The van der Waals surface area contributed by atoms with Crippen molar-refractivity contribution in [2.24, 2.45) is 11.8 Å². The maximum Gasteiger partial charge on any atom is 0.0148 e. The van der Waals surface area contributed by atoms with E-state index < -0.39 is 0 Å². The maximum absolute atomic E-state index is 3.49. The minimum atomic E-state index is 0.811. The van der Waals surface area contributed by atoms with Gasteiger partial charge < -0.3 is 15.1 Å². The lowest BCUT2D eigenvalue weighted by Crippen LogP contribution is -2.48. The maximum atomic E-state index is 3.49. The van der Waals surface area contributed by atoms with Crippen LogP contribution in [0.4, 0.5) is 0 Å². The Morgan fingerprint density at radius 3 is 2.06 bits per heavy atom. The van der Waals surface area contributed by atoms with E-state index in [4.69, 9.17) is 0 Å². The van der Waals surface area contributed by atoms with E-state index in [0.717, 1.165) is 17.9 Å². The lowest BCUT2D eigenvalue weighted by Gasteiger charge is -2.43. The van der Waals surface area contributed by atoms with Gasteiger partial charge in [0.15, 0.2) is 0 Å². The standard InChI is InChI=1S/C14H29N3/c1-16(2)14(12-4-8-15-9-5-12)13-6-10-17(3)11-7-13/h12-15H,4-11H2,1-3H3. The third-order valence-electron chi connectivity index (χ3n) is 4.71. The second-order valence-corrected chi connectivity index (χ2v) is 6.18. The second kappa shape index (κ2) is 6.17. The monoisotopic (exact) mass is 239 g/mol. The van der Waals surface area contributed by atoms with E-state index in [-0.39, 0.29) is 0 Å². The molecule has 0 aromatic heterocycles. The zero-order chi connectivity index (χ0) is 12.3. The van der Waals surface area contributed by atoms with Crippen molar-refractivity contribution in [1.29, 1.82) is 0 Å². The summed E-state index contributed by atoms with van der Waals surface area (Å²) in [7, 11) is 6.82. The normalized spacial score (nSPS) is 27.5. The van der Waals surface area contributed by atoms with Gasteiger partial charge in [0.2, 0.25) is 0 Å². The van der Waals surface area contributed by atoms with Crippen LogP contribution in [0, 0.1) is 11.8 Å². The topological polar surface area (TPSA) is 18.5 Å². The lowest BCUT2D eigenvalue weighted by atomic mass is 9.78. The minimum absolute atomic E-state index is 0.811. The van der Waals surface area contributed by atoms with Crippen LogP contribution in [-0.2, 0) is 0 Å². The van der Waals surface area contributed by atoms with Gasteiger partial charge in [-0.1, -0.05) is 0 Å². The average Bonchev–Trinajstić information content (AvgIpc) is 2.33. The summed E-state index contributed by atoms with van der Waals surface area (Å²) in [6.45, 7) is 5.03. The van der Waals surface area contributed by atoms with E-state index >= 15 is 0 Å². The number of rotatable bonds is 3. The summed E-state index contributed by atoms with van der Waals surface area (Å²) in [5, 5.41) is 3.49. The molecule has 100 valence electrons. The third kappa shape index (κ3) is 3.43. The summed E-state index contributed by atoms with van der Waals surface area (Å²) in [4.78, 5) is 4.98. The summed E-state index contributed by atoms with van der Waals surface area (Å²) in [6, 6.07) is 0.811. The Labute approximate surface area is 107 Å². The molecule has 2 saturated heterocycles. The van der Waals surface area contributed by atoms with Gasteiger partial charge >= 0.3 is 0 Å². The Kier molecular flexibility index (Phi) is 4.83. The number of likely N-dealkylation sites (tertiary alicyclic amines) is 1. The van der Waals surface area contributed by atoms with Gasteiger partial charge in [-0.25, -0.2) is 0 Å². The quantitative estimate of drug-likeness (QED) is 0.800. The summed E-state index contributed by atoms with van der Waals surface area (Å²) >= 11 is 0. The fraction of sp³-hybridized carbons (Fsp3) is 1.00. The van der Waals surface area contributed by atoms with Crippen molar-refractivity contribution in [3.63, 3.8) is 0 Å². The largest absolute Gasteiger partial charge is 0.317 e. The van der Waals surface area contributed by atoms with Crippen molar-refractivity contribution in [2.75, 3.05) is 47.3 Å². The van der Waals surface area contributed by atoms with E-state index in [1.54, 1.807) is 0 Å². The number of piperidine rings is 2. The van der Waals surface area contributed by atoms with Gasteiger partial charge in [0.1, 0.15) is 0 Å². The smallest absolute Gasteiger partial charge is 0.0148 e. The van der Waals surface area contributed by atoms with Gasteiger partial charge in [-0.05, 0) is 84.8 Å². The molecule has 1 unspecified atom stereocenters. The molecule has 0 saturated carbocycles. The van der Waals surface area contributed by atoms with Crippen LogP contribution in [0.2, 0.25) is 0 Å². The Morgan fingerprint density at radius 2 is 1.53 bits per heavy atom. The van der Waals surface area contributed by atoms with E-state index in [1.165, 1.54) is 51.9 Å². The highest BCUT2D eigenvalue weighted by molar-refractivity contribution is 4.88. The molecular formula is C14H29N3. The molecule has 2 heterocycles. The van der Waals surface area contributed by atoms with Crippen LogP contribution in [0.15, 0.2) is 0 Å². The van der Waals surface area contributed by atoms with Gasteiger partial charge in [-0.2, -0.15) is 0 Å². The molecule has 0 aromatic rings. The first kappa shape index (κ1) is 13.3. The van der Waals surface area contributed by atoms with Gasteiger partial charge in [0.25, 0.3) is 0 Å². The van der Waals surface area contributed by atoms with Crippen molar-refractivity contribution in [3.8, 4) is 0 Å². The van der Waals surface area contributed by atoms with Crippen molar-refractivity contribution in [1.82, 2.24) is 15.1 Å². The average molecular weight is 239 g/mol. The highest BCUT2D eigenvalue weighted by Crippen LogP contribution is 2.31. The van der Waals surface area contributed by atoms with Crippen LogP contribution >= 0.6 is 0 Å². The van der Waals surface area contributed by atoms with Crippen LogP contribution in [0.5, 0.6) is 0 Å². The molecule has 2 fully saturated rings. The van der Waals surface area contributed by atoms with Crippen molar-refractivity contribution in [2.45, 2.75) is 31.7 Å². The summed E-state index contributed by atoms with van der Waals surface area (Å²) in [5.74, 6) is 1.84. The lowest BCUT2D eigenvalue weighted by molar-refractivity contribution is 0.0763. The van der Waals surface area contributed by atoms with Crippen molar-refractivity contribution in [3.05, 3.63) is 0 Å². The molecule has 2 aliphatic rings. The predicted octanol–water partition coefficient (Wildman–Crippen LogP) is 1.26. The molecule has 1 N–H and O–H groups in total. The highest BCUT2D eigenvalue weighted by Gasteiger charge is 2.33. The van der Waals surface area contributed by atoms with E-state index in [9.17, 15) is 0 Å². The minimum Gasteiger partial charge on any atom is -0.317 e. The van der Waals surface area contributed by atoms with Gasteiger partial charge in [0.05, 0.1) is 0 Å². The van der Waals surface area contributed by atoms with Gasteiger partial charge in [0, 0.05) is 6.04 Å². The van der Waals surface area contributed by atoms with Crippen LogP contribution in [0.25, 0.3) is 0 Å². The Hall–Kier alpha value is -0.120. The second-order valence-electron chi connectivity index (χ2n) is 6.18. The number of hydrogen-bond donors (Lipinski definition) is 1. The predicted molar refractivity (Wildman–Crippen MR) is 73.3 cm³/mol. The Balaban J connectivity index is 1.95. The SMILES string of the molecule is CN1CCC(C(C2CCNCC2)N(C)C)CC1. The molecule has 3 heteroatoms. The van der Waals surface area contributed by atoms with Gasteiger partial charge in [-0.3, -0.25) is 0 Å². The number of nitrogens with zero attached hydrogens (tertiary/aromatic N) is 2. The van der Waals surface area contributed by atoms with E-state index in [0.29, 0.717) is 0 Å². The summed E-state index contributed by atoms with van der Waals surface area (Å²) in [5.41, 5.74) is 0. The van der Waals surface area contributed by atoms with Crippen molar-refractivity contribution >= 4 is 0 Å². The fourth-order valence-corrected chi connectivity index (χ4v) is 3.78. The number of hydrogen-bond acceptors (Lipinski definition) is 3. The molecule has 2 rings (SSSR count). The van der Waals surface area contributed by atoms with E-state index in [1.807, 2.05) is 0 Å². The number of nitrogens with one attached hydrogen (secondary N) is 1. The first-order chi connectivity index (χ1) is 8.18. The van der Waals surface area contributed by atoms with E-state index in [2.05, 4.69) is 36.3 Å². The molecule has 2 aliphatic heterocycles. The molecular weight excluding hydrogens is 210 g/mol. The zero-order valence-electron chi connectivity index (χ0n) is 11.8. The molecule has 17 heavy (non-hydrogen) atoms. The molecule has 0 amide bonds. The molecule has 0 radical (unpaired) electrons. The molecule has 3 nitrogen and oxygen atoms in total. The van der Waals surface area contributed by atoms with Crippen LogP contribution < -0.4 is 5.32 Å². The zero-order valence-corrected chi connectivity index (χ0v) is 11.8. The summed E-state index contributed by atoms with van der Waals surface area (Å²) < 4.78 is 0. The van der Waals surface area contributed by atoms with Gasteiger partial charge in [-0.15, -0.1) is 0 Å². The highest BCUT2D eigenvalue weighted by atomic mass is 15.1. The summed E-state index contributed by atoms with van der Waals surface area (Å²) in [6.07, 6.45) is 5.52. The van der Waals surface area contributed by atoms with Crippen LogP contribution in [0.1, 0.15) is 25.7 Å².